The number of hydrogen-bond donors (Lipinski definition) is 1. The highest BCUT2D eigenvalue weighted by atomic mass is 16.2. The Bertz CT molecular complexity index is 1350. The molecular weight excluding hydrogens is 432 g/mol. The van der Waals surface area contributed by atoms with Crippen LogP contribution in [0.4, 0.5) is 0 Å². The van der Waals surface area contributed by atoms with Gasteiger partial charge >= 0.3 is 0 Å². The Morgan fingerprint density at radius 2 is 2.03 bits per heavy atom. The first-order valence-corrected chi connectivity index (χ1v) is 11.7. The molecule has 0 aliphatic carbocycles. The monoisotopic (exact) mass is 462 g/mol. The van der Waals surface area contributed by atoms with Crippen molar-refractivity contribution < 1.29 is 4.79 Å². The third-order valence-corrected chi connectivity index (χ3v) is 6.58. The average molecular weight is 463 g/mol. The number of carbonyl (C=O) groups is 1. The molecule has 11 heteroatoms. The van der Waals surface area contributed by atoms with Crippen LogP contribution in [0.15, 0.2) is 12.4 Å². The molecule has 5 rings (SSSR count). The number of aromatic amines is 1. The minimum atomic E-state index is -0.0765. The van der Waals surface area contributed by atoms with Gasteiger partial charge in [0.05, 0.1) is 17.9 Å². The van der Waals surface area contributed by atoms with Crippen molar-refractivity contribution in [1.29, 1.82) is 0 Å². The normalized spacial score (nSPS) is 13.5. The van der Waals surface area contributed by atoms with Crippen LogP contribution in [0.3, 0.4) is 0 Å². The summed E-state index contributed by atoms with van der Waals surface area (Å²) in [6.07, 6.45) is 3.45. The Morgan fingerprint density at radius 1 is 1.21 bits per heavy atom. The molecular formula is C23H30N10O. The summed E-state index contributed by atoms with van der Waals surface area (Å²) in [5, 5.41) is 25.1. The molecule has 0 spiro atoms. The minimum absolute atomic E-state index is 0.0765. The number of H-pyrrole nitrogens is 1. The van der Waals surface area contributed by atoms with E-state index in [1.807, 2.05) is 52.7 Å². The van der Waals surface area contributed by atoms with Gasteiger partial charge in [-0.15, -0.1) is 10.2 Å². The van der Waals surface area contributed by atoms with E-state index in [9.17, 15) is 4.79 Å². The zero-order chi connectivity index (χ0) is 24.0. The summed E-state index contributed by atoms with van der Waals surface area (Å²) >= 11 is 0. The molecule has 0 unspecified atom stereocenters. The Balaban J connectivity index is 1.42. The fraction of sp³-hybridized carbons (Fsp3) is 0.478. The van der Waals surface area contributed by atoms with E-state index in [4.69, 9.17) is 5.10 Å². The SMILES string of the molecule is CCCn1nc(C)c(-c2cc(C(=O)N3CCc4c(c(-c5nncn5CC)nn4C)C3)[nH]n2)c1C. The summed E-state index contributed by atoms with van der Waals surface area (Å²) < 4.78 is 5.87. The molecule has 5 heterocycles. The Labute approximate surface area is 197 Å². The number of nitrogens with zero attached hydrogens (tertiary/aromatic N) is 9. The number of rotatable bonds is 6. The molecule has 0 atom stereocenters. The summed E-state index contributed by atoms with van der Waals surface area (Å²) in [5.74, 6) is 0.653. The molecule has 0 radical (unpaired) electrons. The van der Waals surface area contributed by atoms with Crippen molar-refractivity contribution in [1.82, 2.24) is 49.4 Å². The number of nitrogens with one attached hydrogen (secondary N) is 1. The molecule has 0 aromatic carbocycles. The number of amides is 1. The second-order valence-electron chi connectivity index (χ2n) is 8.75. The van der Waals surface area contributed by atoms with Crippen LogP contribution < -0.4 is 0 Å². The number of carbonyl (C=O) groups excluding carboxylic acids is 1. The van der Waals surface area contributed by atoms with Crippen molar-refractivity contribution in [3.05, 3.63) is 40.7 Å². The minimum Gasteiger partial charge on any atom is -0.332 e. The summed E-state index contributed by atoms with van der Waals surface area (Å²) in [6, 6.07) is 1.84. The number of hydrogen-bond acceptors (Lipinski definition) is 6. The third kappa shape index (κ3) is 3.51. The Kier molecular flexibility index (Phi) is 5.54. The van der Waals surface area contributed by atoms with Gasteiger partial charge in [-0.2, -0.15) is 15.3 Å². The van der Waals surface area contributed by atoms with Gasteiger partial charge in [-0.3, -0.25) is 19.3 Å². The lowest BCUT2D eigenvalue weighted by molar-refractivity contribution is 0.0727. The predicted molar refractivity (Wildman–Crippen MR) is 126 cm³/mol. The van der Waals surface area contributed by atoms with Gasteiger partial charge in [-0.25, -0.2) is 0 Å². The molecule has 1 aliphatic rings. The first-order chi connectivity index (χ1) is 16.4. The standard InChI is InChI=1S/C23H30N10O/c1-6-9-33-15(4)20(14(3)28-33)17-11-18(26-25-17)23(34)32-10-8-19-16(12-32)21(29-30(19)5)22-27-24-13-31(22)7-2/h11,13H,6-10,12H2,1-5H3,(H,25,26). The highest BCUT2D eigenvalue weighted by molar-refractivity contribution is 5.93. The van der Waals surface area contributed by atoms with E-state index in [2.05, 4.69) is 32.4 Å². The lowest BCUT2D eigenvalue weighted by Gasteiger charge is -2.27. The van der Waals surface area contributed by atoms with E-state index >= 15 is 0 Å². The van der Waals surface area contributed by atoms with Gasteiger partial charge in [0.25, 0.3) is 5.91 Å². The summed E-state index contributed by atoms with van der Waals surface area (Å²) in [4.78, 5) is 15.3. The molecule has 0 bridgehead atoms. The maximum absolute atomic E-state index is 13.4. The van der Waals surface area contributed by atoms with Crippen LogP contribution in [0.5, 0.6) is 0 Å². The van der Waals surface area contributed by atoms with E-state index in [0.717, 1.165) is 71.4 Å². The molecule has 4 aromatic rings. The van der Waals surface area contributed by atoms with E-state index in [1.165, 1.54) is 0 Å². The van der Waals surface area contributed by atoms with Crippen LogP contribution in [0.2, 0.25) is 0 Å². The molecule has 1 amide bonds. The van der Waals surface area contributed by atoms with Crippen molar-refractivity contribution >= 4 is 5.91 Å². The first kappa shape index (κ1) is 22.1. The van der Waals surface area contributed by atoms with Gasteiger partial charge in [0.1, 0.15) is 17.7 Å². The molecule has 11 nitrogen and oxygen atoms in total. The van der Waals surface area contributed by atoms with Gasteiger partial charge in [-0.1, -0.05) is 6.92 Å². The van der Waals surface area contributed by atoms with Gasteiger partial charge in [-0.05, 0) is 33.3 Å². The molecule has 178 valence electrons. The van der Waals surface area contributed by atoms with Crippen LogP contribution in [0, 0.1) is 13.8 Å². The molecule has 0 saturated heterocycles. The Hall–Kier alpha value is -3.76. The number of fused-ring (bicyclic) bond motifs is 1. The smallest absolute Gasteiger partial charge is 0.272 e. The quantitative estimate of drug-likeness (QED) is 0.471. The first-order valence-electron chi connectivity index (χ1n) is 11.7. The van der Waals surface area contributed by atoms with E-state index in [0.29, 0.717) is 18.8 Å². The second-order valence-corrected chi connectivity index (χ2v) is 8.75. The Morgan fingerprint density at radius 3 is 2.79 bits per heavy atom. The molecule has 1 N–H and O–H groups in total. The van der Waals surface area contributed by atoms with Crippen molar-refractivity contribution in [3.8, 4) is 22.8 Å². The zero-order valence-electron chi connectivity index (χ0n) is 20.3. The summed E-state index contributed by atoms with van der Waals surface area (Å²) in [7, 11) is 1.94. The fourth-order valence-electron chi connectivity index (χ4n) is 4.84. The summed E-state index contributed by atoms with van der Waals surface area (Å²) in [5.41, 5.74) is 7.12. The number of aromatic nitrogens is 9. The average Bonchev–Trinajstić information content (AvgIpc) is 3.60. The van der Waals surface area contributed by atoms with Gasteiger partial charge < -0.3 is 9.47 Å². The molecule has 0 fully saturated rings. The van der Waals surface area contributed by atoms with E-state index in [-0.39, 0.29) is 5.91 Å². The van der Waals surface area contributed by atoms with E-state index in [1.54, 1.807) is 6.33 Å². The van der Waals surface area contributed by atoms with Crippen LogP contribution in [-0.4, -0.2) is 61.9 Å². The van der Waals surface area contributed by atoms with Crippen molar-refractivity contribution in [2.45, 2.75) is 60.2 Å². The van der Waals surface area contributed by atoms with Crippen molar-refractivity contribution in [3.63, 3.8) is 0 Å². The van der Waals surface area contributed by atoms with Crippen LogP contribution >= 0.6 is 0 Å². The van der Waals surface area contributed by atoms with Crippen LogP contribution in [0.25, 0.3) is 22.8 Å². The predicted octanol–water partition coefficient (Wildman–Crippen LogP) is 2.51. The van der Waals surface area contributed by atoms with Crippen LogP contribution in [-0.2, 0) is 33.1 Å². The lowest BCUT2D eigenvalue weighted by Crippen LogP contribution is -2.36. The van der Waals surface area contributed by atoms with Crippen LogP contribution in [0.1, 0.15) is 53.4 Å². The third-order valence-electron chi connectivity index (χ3n) is 6.58. The second kappa shape index (κ2) is 8.54. The van der Waals surface area contributed by atoms with E-state index < -0.39 is 0 Å². The van der Waals surface area contributed by atoms with Gasteiger partial charge in [0.15, 0.2) is 5.82 Å². The van der Waals surface area contributed by atoms with Crippen molar-refractivity contribution in [2.75, 3.05) is 6.54 Å². The lowest BCUT2D eigenvalue weighted by atomic mass is 10.0. The van der Waals surface area contributed by atoms with Gasteiger partial charge in [0.2, 0.25) is 0 Å². The highest BCUT2D eigenvalue weighted by Gasteiger charge is 2.30. The molecule has 34 heavy (non-hydrogen) atoms. The zero-order valence-corrected chi connectivity index (χ0v) is 20.3. The molecule has 0 saturated carbocycles. The maximum atomic E-state index is 13.4. The fourth-order valence-corrected chi connectivity index (χ4v) is 4.84. The van der Waals surface area contributed by atoms with Crippen molar-refractivity contribution in [2.24, 2.45) is 7.05 Å². The topological polar surface area (TPSA) is 115 Å². The summed E-state index contributed by atoms with van der Waals surface area (Å²) in [6.45, 7) is 10.9. The maximum Gasteiger partial charge on any atom is 0.272 e. The molecule has 4 aromatic heterocycles. The molecule has 1 aliphatic heterocycles. The largest absolute Gasteiger partial charge is 0.332 e. The highest BCUT2D eigenvalue weighted by Crippen LogP contribution is 2.30. The number of aryl methyl sites for hydroxylation is 4. The van der Waals surface area contributed by atoms with Gasteiger partial charge in [0, 0.05) is 55.6 Å².